The predicted octanol–water partition coefficient (Wildman–Crippen LogP) is 3.72. The lowest BCUT2D eigenvalue weighted by Crippen LogP contribution is -2.37. The zero-order valence-electron chi connectivity index (χ0n) is 10.6. The fraction of sp³-hybridized carbons (Fsp3) is 0.615. The monoisotopic (exact) mass is 319 g/mol. The van der Waals surface area contributed by atoms with Gasteiger partial charge in [-0.2, -0.15) is 0 Å². The normalized spacial score (nSPS) is 24.4. The van der Waals surface area contributed by atoms with Gasteiger partial charge in [0.15, 0.2) is 0 Å². The third-order valence-corrected chi connectivity index (χ3v) is 4.92. The highest BCUT2D eigenvalue weighted by Gasteiger charge is 2.30. The molecule has 0 N–H and O–H groups in total. The van der Waals surface area contributed by atoms with Crippen molar-refractivity contribution in [1.29, 1.82) is 0 Å². The smallest absolute Gasteiger partial charge is 0.150 e. The topological polar surface area (TPSA) is 19.4 Å². The molecule has 0 bridgehead atoms. The number of hydrogen-bond acceptors (Lipinski definition) is 3. The Morgan fingerprint density at radius 2 is 1.84 bits per heavy atom. The summed E-state index contributed by atoms with van der Waals surface area (Å²) in [6.07, 6.45) is 3.69. The molecule has 2 aliphatic heterocycles. The predicted molar refractivity (Wildman–Crippen MR) is 80.7 cm³/mol. The number of pyridine rings is 1. The summed E-state index contributed by atoms with van der Waals surface area (Å²) in [6.45, 7) is 4.34. The van der Waals surface area contributed by atoms with Crippen LogP contribution in [0.1, 0.15) is 19.3 Å². The van der Waals surface area contributed by atoms with Gasteiger partial charge in [0.1, 0.15) is 11.0 Å². The molecule has 0 radical (unpaired) electrons. The van der Waals surface area contributed by atoms with Crippen LogP contribution in [0.15, 0.2) is 6.07 Å². The van der Waals surface area contributed by atoms with E-state index in [2.05, 4.69) is 14.8 Å². The van der Waals surface area contributed by atoms with Gasteiger partial charge in [-0.15, -0.1) is 0 Å². The van der Waals surface area contributed by atoms with Crippen molar-refractivity contribution in [2.45, 2.75) is 25.3 Å². The Morgan fingerprint density at radius 1 is 1.05 bits per heavy atom. The summed E-state index contributed by atoms with van der Waals surface area (Å²) < 4.78 is 0. The average Bonchev–Trinajstić information content (AvgIpc) is 2.71. The van der Waals surface area contributed by atoms with E-state index in [0.717, 1.165) is 25.3 Å². The SMILES string of the molecule is Clc1cc(Cl)c(N2CCCN3CCCC3C2)nc1Cl. The van der Waals surface area contributed by atoms with Crippen LogP contribution < -0.4 is 4.90 Å². The van der Waals surface area contributed by atoms with Crippen molar-refractivity contribution >= 4 is 40.6 Å². The summed E-state index contributed by atoms with van der Waals surface area (Å²) in [7, 11) is 0. The number of anilines is 1. The van der Waals surface area contributed by atoms with E-state index in [1.807, 2.05) is 0 Å². The van der Waals surface area contributed by atoms with Crippen molar-refractivity contribution in [2.24, 2.45) is 0 Å². The lowest BCUT2D eigenvalue weighted by Gasteiger charge is -2.27. The molecule has 3 rings (SSSR count). The quantitative estimate of drug-likeness (QED) is 0.735. The minimum absolute atomic E-state index is 0.327. The molecule has 2 fully saturated rings. The molecule has 1 unspecified atom stereocenters. The van der Waals surface area contributed by atoms with E-state index in [9.17, 15) is 0 Å². The molecule has 19 heavy (non-hydrogen) atoms. The van der Waals surface area contributed by atoms with Crippen LogP contribution in [0, 0.1) is 0 Å². The maximum Gasteiger partial charge on any atom is 0.150 e. The van der Waals surface area contributed by atoms with Crippen LogP contribution >= 0.6 is 34.8 Å². The van der Waals surface area contributed by atoms with Gasteiger partial charge in [-0.1, -0.05) is 34.8 Å². The minimum Gasteiger partial charge on any atom is -0.354 e. The molecule has 0 amide bonds. The standard InChI is InChI=1S/C13H16Cl3N3/c14-10-7-11(15)13(17-12(10)16)19-6-2-5-18-4-1-3-9(18)8-19/h7,9H,1-6,8H2. The Hall–Kier alpha value is -0.220. The fourth-order valence-electron chi connectivity index (χ4n) is 3.06. The van der Waals surface area contributed by atoms with Crippen LogP contribution in [0.25, 0.3) is 0 Å². The first-order valence-corrected chi connectivity index (χ1v) is 7.79. The number of fused-ring (bicyclic) bond motifs is 1. The van der Waals surface area contributed by atoms with Crippen molar-refractivity contribution in [2.75, 3.05) is 31.1 Å². The largest absolute Gasteiger partial charge is 0.354 e. The number of rotatable bonds is 1. The third-order valence-electron chi connectivity index (χ3n) is 3.97. The van der Waals surface area contributed by atoms with Crippen LogP contribution in [-0.4, -0.2) is 42.1 Å². The van der Waals surface area contributed by atoms with Crippen LogP contribution in [0.2, 0.25) is 15.2 Å². The van der Waals surface area contributed by atoms with Gasteiger partial charge in [0.05, 0.1) is 10.0 Å². The number of hydrogen-bond donors (Lipinski definition) is 0. The lowest BCUT2D eigenvalue weighted by molar-refractivity contribution is 0.273. The zero-order valence-corrected chi connectivity index (χ0v) is 12.8. The molecule has 3 heterocycles. The summed E-state index contributed by atoms with van der Waals surface area (Å²) in [5, 5.41) is 1.32. The van der Waals surface area contributed by atoms with Gasteiger partial charge < -0.3 is 4.90 Å². The Bertz CT molecular complexity index is 480. The van der Waals surface area contributed by atoms with Crippen LogP contribution in [0.4, 0.5) is 5.82 Å². The van der Waals surface area contributed by atoms with Gasteiger partial charge in [-0.25, -0.2) is 4.98 Å². The van der Waals surface area contributed by atoms with E-state index in [-0.39, 0.29) is 0 Å². The van der Waals surface area contributed by atoms with E-state index in [1.165, 1.54) is 25.9 Å². The van der Waals surface area contributed by atoms with Gasteiger partial charge in [0.2, 0.25) is 0 Å². The van der Waals surface area contributed by atoms with Crippen molar-refractivity contribution < 1.29 is 0 Å². The molecule has 0 saturated carbocycles. The first-order valence-electron chi connectivity index (χ1n) is 6.65. The Balaban J connectivity index is 1.86. The molecule has 0 aliphatic carbocycles. The molecule has 2 aliphatic rings. The Morgan fingerprint density at radius 3 is 2.68 bits per heavy atom. The number of nitrogens with zero attached hydrogens (tertiary/aromatic N) is 3. The molecule has 1 aromatic heterocycles. The summed E-state index contributed by atoms with van der Waals surface area (Å²) in [5.74, 6) is 0.768. The number of aromatic nitrogens is 1. The first-order chi connectivity index (χ1) is 9.15. The molecular weight excluding hydrogens is 305 g/mol. The zero-order chi connectivity index (χ0) is 13.4. The highest BCUT2D eigenvalue weighted by Crippen LogP contribution is 2.33. The van der Waals surface area contributed by atoms with Crippen LogP contribution in [0.5, 0.6) is 0 Å². The van der Waals surface area contributed by atoms with Crippen molar-refractivity contribution in [3.63, 3.8) is 0 Å². The van der Waals surface area contributed by atoms with Crippen molar-refractivity contribution in [1.82, 2.24) is 9.88 Å². The molecular formula is C13H16Cl3N3. The van der Waals surface area contributed by atoms with E-state index in [0.29, 0.717) is 21.2 Å². The van der Waals surface area contributed by atoms with Gasteiger partial charge in [-0.3, -0.25) is 4.90 Å². The van der Waals surface area contributed by atoms with Crippen molar-refractivity contribution in [3.05, 3.63) is 21.3 Å². The Kier molecular flexibility index (Phi) is 4.08. The van der Waals surface area contributed by atoms with E-state index in [4.69, 9.17) is 34.8 Å². The van der Waals surface area contributed by atoms with Crippen LogP contribution in [0.3, 0.4) is 0 Å². The summed E-state index contributed by atoms with van der Waals surface area (Å²) in [5.41, 5.74) is 0. The van der Waals surface area contributed by atoms with E-state index in [1.54, 1.807) is 6.07 Å². The molecule has 104 valence electrons. The van der Waals surface area contributed by atoms with E-state index >= 15 is 0 Å². The summed E-state index contributed by atoms with van der Waals surface area (Å²) in [4.78, 5) is 9.19. The van der Waals surface area contributed by atoms with Gasteiger partial charge in [0.25, 0.3) is 0 Å². The van der Waals surface area contributed by atoms with Gasteiger partial charge in [0, 0.05) is 25.7 Å². The second-order valence-electron chi connectivity index (χ2n) is 5.20. The molecule has 1 atom stereocenters. The maximum absolute atomic E-state index is 6.27. The van der Waals surface area contributed by atoms with Gasteiger partial charge >= 0.3 is 0 Å². The Labute approximate surface area is 128 Å². The molecule has 2 saturated heterocycles. The summed E-state index contributed by atoms with van der Waals surface area (Å²) >= 11 is 18.2. The molecule has 1 aromatic rings. The highest BCUT2D eigenvalue weighted by molar-refractivity contribution is 6.42. The minimum atomic E-state index is 0.327. The number of halogens is 3. The third kappa shape index (κ3) is 2.80. The van der Waals surface area contributed by atoms with Gasteiger partial charge in [-0.05, 0) is 31.9 Å². The summed E-state index contributed by atoms with van der Waals surface area (Å²) in [6, 6.07) is 2.31. The van der Waals surface area contributed by atoms with Crippen molar-refractivity contribution in [3.8, 4) is 0 Å². The molecule has 0 spiro atoms. The fourth-order valence-corrected chi connectivity index (χ4v) is 3.67. The lowest BCUT2D eigenvalue weighted by atomic mass is 10.2. The maximum atomic E-state index is 6.27. The highest BCUT2D eigenvalue weighted by atomic mass is 35.5. The average molecular weight is 321 g/mol. The molecule has 0 aromatic carbocycles. The van der Waals surface area contributed by atoms with Crippen LogP contribution in [-0.2, 0) is 0 Å². The first kappa shape index (κ1) is 13.7. The molecule has 6 heteroatoms. The second-order valence-corrected chi connectivity index (χ2v) is 6.37. The second kappa shape index (κ2) is 5.65. The van der Waals surface area contributed by atoms with E-state index < -0.39 is 0 Å². The molecule has 3 nitrogen and oxygen atoms in total.